The topological polar surface area (TPSA) is 100 Å². The molecule has 7 nitrogen and oxygen atoms in total. The van der Waals surface area contributed by atoms with Crippen LogP contribution in [0.3, 0.4) is 0 Å². The zero-order chi connectivity index (χ0) is 26.6. The Morgan fingerprint density at radius 2 is 1.66 bits per heavy atom. The van der Waals surface area contributed by atoms with E-state index in [-0.39, 0.29) is 18.1 Å². The Morgan fingerprint density at radius 1 is 0.947 bits per heavy atom. The third-order valence-electron chi connectivity index (χ3n) is 7.31. The second kappa shape index (κ2) is 10.9. The molecule has 0 radical (unpaired) electrons. The number of nitrogens with zero attached hydrogens (tertiary/aromatic N) is 1. The zero-order valence-corrected chi connectivity index (χ0v) is 21.3. The van der Waals surface area contributed by atoms with E-state index in [0.29, 0.717) is 17.7 Å². The first kappa shape index (κ1) is 25.3. The van der Waals surface area contributed by atoms with Crippen LogP contribution < -0.4 is 10.5 Å². The molecule has 38 heavy (non-hydrogen) atoms. The van der Waals surface area contributed by atoms with E-state index < -0.39 is 17.7 Å². The fourth-order valence-corrected chi connectivity index (χ4v) is 5.61. The Bertz CT molecular complexity index is 1500. The number of amides is 1. The number of nitrogens with two attached hydrogens (primary N) is 1. The van der Waals surface area contributed by atoms with Crippen LogP contribution in [-0.4, -0.2) is 35.8 Å². The summed E-state index contributed by atoms with van der Waals surface area (Å²) in [6, 6.07) is 21.9. The number of esters is 1. The van der Waals surface area contributed by atoms with Gasteiger partial charge in [0.1, 0.15) is 5.75 Å². The molecule has 2 aromatic heterocycles. The van der Waals surface area contributed by atoms with Crippen LogP contribution in [-0.2, 0) is 20.7 Å². The third-order valence-corrected chi connectivity index (χ3v) is 7.31. The third kappa shape index (κ3) is 4.79. The Kier molecular flexibility index (Phi) is 7.26. The monoisotopic (exact) mass is 510 g/mol. The summed E-state index contributed by atoms with van der Waals surface area (Å²) >= 11 is 0. The number of methoxy groups -OCH3 is 1. The molecule has 0 spiro atoms. The summed E-state index contributed by atoms with van der Waals surface area (Å²) in [5, 5.41) is 0. The number of aromatic nitrogens is 1. The number of rotatable bonds is 9. The molecule has 2 N–H and O–H groups in total. The van der Waals surface area contributed by atoms with Crippen LogP contribution in [0.5, 0.6) is 5.75 Å². The number of hydrogen-bond acceptors (Lipinski definition) is 5. The van der Waals surface area contributed by atoms with E-state index in [1.165, 1.54) is 7.11 Å². The summed E-state index contributed by atoms with van der Waals surface area (Å²) in [5.41, 5.74) is 11.4. The number of fused-ring (bicyclic) bond motifs is 1. The highest BCUT2D eigenvalue weighted by molar-refractivity contribution is 6.44. The van der Waals surface area contributed by atoms with Gasteiger partial charge in [-0.2, -0.15) is 0 Å². The lowest BCUT2D eigenvalue weighted by Gasteiger charge is -2.16. The SMILES string of the molecule is COC(=O)COc1cccn2c(Cc3ccccc3-c3ccccc3)c(C3CCCC3)c(C(=O)C(N)=O)c12. The average Bonchev–Trinajstić information content (AvgIpc) is 3.59. The molecule has 0 bridgehead atoms. The first-order valence-corrected chi connectivity index (χ1v) is 12.8. The van der Waals surface area contributed by atoms with E-state index >= 15 is 0 Å². The molecular formula is C31H30N2O5. The molecule has 1 aliphatic carbocycles. The number of carbonyl (C=O) groups excluding carboxylic acids is 3. The zero-order valence-electron chi connectivity index (χ0n) is 21.3. The van der Waals surface area contributed by atoms with Crippen LogP contribution >= 0.6 is 0 Å². The smallest absolute Gasteiger partial charge is 0.343 e. The highest BCUT2D eigenvalue weighted by atomic mass is 16.6. The van der Waals surface area contributed by atoms with Gasteiger partial charge in [0.15, 0.2) is 6.61 Å². The van der Waals surface area contributed by atoms with Gasteiger partial charge in [-0.25, -0.2) is 4.79 Å². The van der Waals surface area contributed by atoms with Gasteiger partial charge in [0.05, 0.1) is 18.2 Å². The van der Waals surface area contributed by atoms with E-state index in [4.69, 9.17) is 15.2 Å². The molecule has 1 saturated carbocycles. The van der Waals surface area contributed by atoms with Crippen molar-refractivity contribution in [3.05, 3.63) is 95.3 Å². The van der Waals surface area contributed by atoms with Crippen LogP contribution in [0.2, 0.25) is 0 Å². The molecule has 1 amide bonds. The van der Waals surface area contributed by atoms with Gasteiger partial charge in [0.2, 0.25) is 0 Å². The van der Waals surface area contributed by atoms with Crippen molar-refractivity contribution in [2.75, 3.05) is 13.7 Å². The lowest BCUT2D eigenvalue weighted by Crippen LogP contribution is -2.24. The lowest BCUT2D eigenvalue weighted by atomic mass is 9.88. The Balaban J connectivity index is 1.75. The normalized spacial score (nSPS) is 13.5. The van der Waals surface area contributed by atoms with Gasteiger partial charge >= 0.3 is 5.97 Å². The molecule has 1 aliphatic rings. The molecule has 0 unspecified atom stereocenters. The largest absolute Gasteiger partial charge is 0.480 e. The number of benzene rings is 2. The van der Waals surface area contributed by atoms with Crippen molar-refractivity contribution >= 4 is 23.2 Å². The van der Waals surface area contributed by atoms with E-state index in [1.807, 2.05) is 47.0 Å². The van der Waals surface area contributed by atoms with Crippen molar-refractivity contribution in [2.24, 2.45) is 5.73 Å². The number of carbonyl (C=O) groups is 3. The second-order valence-corrected chi connectivity index (χ2v) is 9.57. The number of hydrogen-bond donors (Lipinski definition) is 1. The van der Waals surface area contributed by atoms with E-state index in [1.54, 1.807) is 6.07 Å². The quantitative estimate of drug-likeness (QED) is 0.192. The number of ether oxygens (including phenoxy) is 2. The van der Waals surface area contributed by atoms with E-state index in [2.05, 4.69) is 24.3 Å². The molecule has 2 aromatic carbocycles. The molecule has 5 rings (SSSR count). The summed E-state index contributed by atoms with van der Waals surface area (Å²) in [7, 11) is 1.28. The highest BCUT2D eigenvalue weighted by Crippen LogP contribution is 2.43. The summed E-state index contributed by atoms with van der Waals surface area (Å²) in [6.45, 7) is -0.323. The van der Waals surface area contributed by atoms with E-state index in [0.717, 1.165) is 53.6 Å². The number of Topliss-reactive ketones (excluding diaryl/α,β-unsaturated/α-hetero) is 1. The van der Waals surface area contributed by atoms with Gasteiger partial charge in [-0.3, -0.25) is 9.59 Å². The van der Waals surface area contributed by atoms with Crippen LogP contribution in [0.4, 0.5) is 0 Å². The Morgan fingerprint density at radius 3 is 2.37 bits per heavy atom. The molecule has 194 valence electrons. The summed E-state index contributed by atoms with van der Waals surface area (Å²) < 4.78 is 12.5. The first-order valence-electron chi connectivity index (χ1n) is 12.8. The first-order chi connectivity index (χ1) is 18.5. The highest BCUT2D eigenvalue weighted by Gasteiger charge is 2.33. The van der Waals surface area contributed by atoms with Crippen LogP contribution in [0, 0.1) is 0 Å². The van der Waals surface area contributed by atoms with Crippen molar-refractivity contribution in [1.82, 2.24) is 4.40 Å². The Labute approximate surface area is 221 Å². The minimum Gasteiger partial charge on any atom is -0.480 e. The lowest BCUT2D eigenvalue weighted by molar-refractivity contribution is -0.142. The van der Waals surface area contributed by atoms with E-state index in [9.17, 15) is 14.4 Å². The Hall–Kier alpha value is -4.39. The van der Waals surface area contributed by atoms with Gasteiger partial charge < -0.3 is 19.6 Å². The summed E-state index contributed by atoms with van der Waals surface area (Å²) in [6.07, 6.45) is 6.34. The van der Waals surface area contributed by atoms with Crippen LogP contribution in [0.15, 0.2) is 72.9 Å². The number of pyridine rings is 1. The predicted octanol–water partition coefficient (Wildman–Crippen LogP) is 5.07. The summed E-state index contributed by atoms with van der Waals surface area (Å²) in [4.78, 5) is 37.5. The van der Waals surface area contributed by atoms with Crippen molar-refractivity contribution in [2.45, 2.75) is 38.0 Å². The maximum atomic E-state index is 13.4. The van der Waals surface area contributed by atoms with Crippen molar-refractivity contribution in [3.8, 4) is 16.9 Å². The van der Waals surface area contributed by atoms with Gasteiger partial charge in [-0.05, 0) is 53.1 Å². The maximum absolute atomic E-state index is 13.4. The van der Waals surface area contributed by atoms with Gasteiger partial charge in [0, 0.05) is 18.3 Å². The van der Waals surface area contributed by atoms with Crippen molar-refractivity contribution in [3.63, 3.8) is 0 Å². The molecule has 7 heteroatoms. The molecule has 1 fully saturated rings. The molecule has 0 saturated heterocycles. The molecule has 2 heterocycles. The standard InChI is InChI=1S/C31H30N2O5/c1-37-26(34)19-38-25-16-9-17-33-24(18-22-14-7-8-15-23(22)20-10-3-2-4-11-20)27(21-12-5-6-13-21)28(29(25)33)30(35)31(32)36/h2-4,7-11,14-17,21H,5-6,12-13,18-19H2,1H3,(H2,32,36). The number of ketones is 1. The average molecular weight is 511 g/mol. The van der Waals surface area contributed by atoms with Gasteiger partial charge in [-0.1, -0.05) is 67.4 Å². The van der Waals surface area contributed by atoms with Crippen LogP contribution in [0.25, 0.3) is 16.6 Å². The second-order valence-electron chi connectivity index (χ2n) is 9.57. The van der Waals surface area contributed by atoms with Gasteiger partial charge in [-0.15, -0.1) is 0 Å². The maximum Gasteiger partial charge on any atom is 0.343 e. The molecule has 0 aliphatic heterocycles. The molecule has 4 aromatic rings. The predicted molar refractivity (Wildman–Crippen MR) is 144 cm³/mol. The fraction of sp³-hybridized carbons (Fsp3) is 0.258. The number of primary amides is 1. The minimum atomic E-state index is -1.02. The van der Waals surface area contributed by atoms with Crippen LogP contribution in [0.1, 0.15) is 58.8 Å². The minimum absolute atomic E-state index is 0.112. The molecule has 0 atom stereocenters. The fourth-order valence-electron chi connectivity index (χ4n) is 5.61. The van der Waals surface area contributed by atoms with Gasteiger partial charge in [0.25, 0.3) is 11.7 Å². The van der Waals surface area contributed by atoms with Crippen molar-refractivity contribution in [1.29, 1.82) is 0 Å². The molecular weight excluding hydrogens is 480 g/mol. The summed E-state index contributed by atoms with van der Waals surface area (Å²) in [5.74, 6) is -1.88. The van der Waals surface area contributed by atoms with Crippen molar-refractivity contribution < 1.29 is 23.9 Å².